The fraction of sp³-hybridized carbons (Fsp3) is 0.500. The van der Waals surface area contributed by atoms with Gasteiger partial charge in [-0.1, -0.05) is 13.3 Å². The maximum Gasteiger partial charge on any atom is 0.435 e. The number of aromatic nitrogens is 2. The zero-order valence-electron chi connectivity index (χ0n) is 15.3. The second-order valence-corrected chi connectivity index (χ2v) is 5.99. The van der Waals surface area contributed by atoms with Gasteiger partial charge in [-0.3, -0.25) is 14.0 Å². The lowest BCUT2D eigenvalue weighted by Crippen LogP contribution is -2.18. The molecule has 2 heterocycles. The highest BCUT2D eigenvalue weighted by Gasteiger charge is 2.40. The minimum Gasteiger partial charge on any atom is -0.490 e. The third-order valence-electron chi connectivity index (χ3n) is 4.18. The Bertz CT molecular complexity index is 830. The van der Waals surface area contributed by atoms with Gasteiger partial charge in [0.1, 0.15) is 5.69 Å². The summed E-state index contributed by atoms with van der Waals surface area (Å²) >= 11 is 0. The summed E-state index contributed by atoms with van der Waals surface area (Å²) in [7, 11) is 1.22. The minimum absolute atomic E-state index is 0.0407. The molecule has 0 amide bonds. The van der Waals surface area contributed by atoms with Crippen LogP contribution in [0.2, 0.25) is 0 Å². The molecule has 0 unspecified atom stereocenters. The zero-order valence-corrected chi connectivity index (χ0v) is 15.3. The second kappa shape index (κ2) is 8.41. The molecule has 1 atom stereocenters. The number of nitrogens with zero attached hydrogens (tertiary/aromatic N) is 2. The molecule has 0 radical (unpaired) electrons. The number of methoxy groups -OCH3 is 1. The molecule has 0 saturated heterocycles. The predicted octanol–water partition coefficient (Wildman–Crippen LogP) is 3.91. The van der Waals surface area contributed by atoms with Crippen LogP contribution in [-0.2, 0) is 15.7 Å². The van der Waals surface area contributed by atoms with Crippen molar-refractivity contribution < 1.29 is 32.2 Å². The predicted molar refractivity (Wildman–Crippen MR) is 90.7 cm³/mol. The van der Waals surface area contributed by atoms with E-state index < -0.39 is 35.2 Å². The second-order valence-electron chi connectivity index (χ2n) is 5.99. The smallest absolute Gasteiger partial charge is 0.435 e. The molecule has 0 aliphatic rings. The molecule has 9 heteroatoms. The van der Waals surface area contributed by atoms with Crippen LogP contribution in [0.5, 0.6) is 5.75 Å². The first-order chi connectivity index (χ1) is 12.7. The maximum atomic E-state index is 13.5. The van der Waals surface area contributed by atoms with Crippen LogP contribution in [0.4, 0.5) is 13.2 Å². The SMILES string of the molecule is CCOc1cccn2c(C(=O)C[C@H](CC)CC(=O)OC)c(C(F)(F)F)nc12. The van der Waals surface area contributed by atoms with Gasteiger partial charge < -0.3 is 9.47 Å². The van der Waals surface area contributed by atoms with Crippen LogP contribution < -0.4 is 4.74 Å². The average Bonchev–Trinajstić information content (AvgIpc) is 3.02. The highest BCUT2D eigenvalue weighted by atomic mass is 19.4. The van der Waals surface area contributed by atoms with Crippen molar-refractivity contribution >= 4 is 17.4 Å². The summed E-state index contributed by atoms with van der Waals surface area (Å²) in [6.45, 7) is 3.70. The number of esters is 1. The van der Waals surface area contributed by atoms with E-state index in [0.717, 1.165) is 4.40 Å². The van der Waals surface area contributed by atoms with E-state index in [1.807, 2.05) is 0 Å². The highest BCUT2D eigenvalue weighted by Crippen LogP contribution is 2.35. The van der Waals surface area contributed by atoms with Gasteiger partial charge in [0, 0.05) is 19.0 Å². The molecule has 0 aliphatic carbocycles. The van der Waals surface area contributed by atoms with Crippen molar-refractivity contribution in [3.05, 3.63) is 29.7 Å². The number of imidazole rings is 1. The van der Waals surface area contributed by atoms with E-state index in [1.165, 1.54) is 25.4 Å². The lowest BCUT2D eigenvalue weighted by Gasteiger charge is -2.13. The normalized spacial score (nSPS) is 12.8. The standard InChI is InChI=1S/C18H21F3N2O4/c1-4-11(10-14(25)26-3)9-12(24)15-16(18(19,20)21)22-17-13(27-5-2)7-6-8-23(15)17/h6-8,11H,4-5,9-10H2,1-3H3/t11-/m0/s1. The Balaban J connectivity index is 2.50. The minimum atomic E-state index is -4.80. The summed E-state index contributed by atoms with van der Waals surface area (Å²) in [5.41, 5.74) is -1.88. The largest absolute Gasteiger partial charge is 0.490 e. The highest BCUT2D eigenvalue weighted by molar-refractivity contribution is 5.97. The Kier molecular flexibility index (Phi) is 6.45. The third kappa shape index (κ3) is 4.58. The summed E-state index contributed by atoms with van der Waals surface area (Å²) in [4.78, 5) is 27.8. The number of carbonyl (C=O) groups is 2. The fourth-order valence-corrected chi connectivity index (χ4v) is 2.81. The van der Waals surface area contributed by atoms with E-state index >= 15 is 0 Å². The number of pyridine rings is 1. The van der Waals surface area contributed by atoms with Crippen LogP contribution in [0, 0.1) is 5.92 Å². The van der Waals surface area contributed by atoms with Gasteiger partial charge in [0.05, 0.1) is 13.7 Å². The maximum absolute atomic E-state index is 13.5. The summed E-state index contributed by atoms with van der Waals surface area (Å²) < 4.78 is 51.5. The Labute approximate surface area is 154 Å². The molecule has 0 aliphatic heterocycles. The summed E-state index contributed by atoms with van der Waals surface area (Å²) in [5, 5.41) is 0. The molecule has 148 valence electrons. The van der Waals surface area contributed by atoms with Crippen molar-refractivity contribution in [1.29, 1.82) is 0 Å². The molecule has 0 fully saturated rings. The molecule has 0 spiro atoms. The van der Waals surface area contributed by atoms with Gasteiger partial charge in [0.25, 0.3) is 0 Å². The molecule has 2 aromatic rings. The van der Waals surface area contributed by atoms with E-state index in [9.17, 15) is 22.8 Å². The van der Waals surface area contributed by atoms with Gasteiger partial charge in [-0.15, -0.1) is 0 Å². The van der Waals surface area contributed by atoms with E-state index in [-0.39, 0.29) is 30.8 Å². The first-order valence-electron chi connectivity index (χ1n) is 8.53. The lowest BCUT2D eigenvalue weighted by atomic mass is 9.94. The van der Waals surface area contributed by atoms with E-state index in [2.05, 4.69) is 9.72 Å². The Morgan fingerprint density at radius 3 is 2.52 bits per heavy atom. The van der Waals surface area contributed by atoms with Crippen LogP contribution in [0.3, 0.4) is 0 Å². The molecule has 0 bridgehead atoms. The average molecular weight is 386 g/mol. The van der Waals surface area contributed by atoms with Gasteiger partial charge >= 0.3 is 12.1 Å². The van der Waals surface area contributed by atoms with Crippen molar-refractivity contribution in [2.45, 2.75) is 39.3 Å². The summed E-state index contributed by atoms with van der Waals surface area (Å²) in [6.07, 6.45) is -3.27. The molecule has 0 N–H and O–H groups in total. The van der Waals surface area contributed by atoms with Crippen molar-refractivity contribution in [2.75, 3.05) is 13.7 Å². The van der Waals surface area contributed by atoms with Crippen LogP contribution in [-0.4, -0.2) is 34.9 Å². The van der Waals surface area contributed by atoms with E-state index in [4.69, 9.17) is 4.74 Å². The Hall–Kier alpha value is -2.58. The molecule has 0 aromatic carbocycles. The molecule has 27 heavy (non-hydrogen) atoms. The monoisotopic (exact) mass is 386 g/mol. The third-order valence-corrected chi connectivity index (χ3v) is 4.18. The van der Waals surface area contributed by atoms with Crippen LogP contribution in [0.15, 0.2) is 18.3 Å². The van der Waals surface area contributed by atoms with Crippen molar-refractivity contribution in [2.24, 2.45) is 5.92 Å². The number of carbonyl (C=O) groups excluding carboxylic acids is 2. The van der Waals surface area contributed by atoms with Crippen LogP contribution in [0.1, 0.15) is 49.3 Å². The first-order valence-corrected chi connectivity index (χ1v) is 8.53. The number of hydrogen-bond donors (Lipinski definition) is 0. The van der Waals surface area contributed by atoms with Gasteiger partial charge in [-0.2, -0.15) is 13.2 Å². The molecular formula is C18H21F3N2O4. The molecular weight excluding hydrogens is 365 g/mol. The van der Waals surface area contributed by atoms with Crippen molar-refractivity contribution in [3.8, 4) is 5.75 Å². The number of halogens is 3. The van der Waals surface area contributed by atoms with Crippen LogP contribution >= 0.6 is 0 Å². The number of ketones is 1. The topological polar surface area (TPSA) is 69.9 Å². The molecule has 2 aromatic heterocycles. The van der Waals surface area contributed by atoms with Gasteiger partial charge in [-0.05, 0) is 25.0 Å². The van der Waals surface area contributed by atoms with Crippen LogP contribution in [0.25, 0.3) is 5.65 Å². The fourth-order valence-electron chi connectivity index (χ4n) is 2.81. The quantitative estimate of drug-likeness (QED) is 0.508. The number of hydrogen-bond acceptors (Lipinski definition) is 5. The lowest BCUT2D eigenvalue weighted by molar-refractivity contribution is -0.142. The molecule has 6 nitrogen and oxygen atoms in total. The van der Waals surface area contributed by atoms with E-state index in [0.29, 0.717) is 6.42 Å². The summed E-state index contributed by atoms with van der Waals surface area (Å²) in [6, 6.07) is 2.98. The number of alkyl halides is 3. The zero-order chi connectivity index (χ0) is 20.2. The van der Waals surface area contributed by atoms with Gasteiger partial charge in [0.15, 0.2) is 22.9 Å². The Morgan fingerprint density at radius 1 is 1.26 bits per heavy atom. The number of Topliss-reactive ketones (excluding diaryl/α,β-unsaturated/α-hetero) is 1. The van der Waals surface area contributed by atoms with E-state index in [1.54, 1.807) is 13.8 Å². The number of ether oxygens (including phenoxy) is 2. The molecule has 2 rings (SSSR count). The molecule has 0 saturated carbocycles. The summed E-state index contributed by atoms with van der Waals surface area (Å²) in [5.74, 6) is -1.51. The number of fused-ring (bicyclic) bond motifs is 1. The van der Waals surface area contributed by atoms with Crippen molar-refractivity contribution in [1.82, 2.24) is 9.38 Å². The first kappa shape index (κ1) is 20.7. The van der Waals surface area contributed by atoms with Gasteiger partial charge in [-0.25, -0.2) is 4.98 Å². The Morgan fingerprint density at radius 2 is 1.96 bits per heavy atom. The number of rotatable bonds is 8. The van der Waals surface area contributed by atoms with Crippen molar-refractivity contribution in [3.63, 3.8) is 0 Å². The van der Waals surface area contributed by atoms with Gasteiger partial charge in [0.2, 0.25) is 0 Å².